The lowest BCUT2D eigenvalue weighted by atomic mass is 10.0. The predicted molar refractivity (Wildman–Crippen MR) is 51.2 cm³/mol. The van der Waals surface area contributed by atoms with Crippen LogP contribution in [0.1, 0.15) is 12.8 Å². The van der Waals surface area contributed by atoms with Crippen molar-refractivity contribution in [3.8, 4) is 0 Å². The van der Waals surface area contributed by atoms with E-state index in [-0.39, 0.29) is 0 Å². The van der Waals surface area contributed by atoms with E-state index < -0.39 is 6.35 Å². The number of hydrogen-bond acceptors (Lipinski definition) is 4. The molecule has 76 valence electrons. The fraction of sp³-hybridized carbons (Fsp3) is 1.00. The second-order valence-corrected chi connectivity index (χ2v) is 4.10. The maximum Gasteiger partial charge on any atom is 0.163 e. The van der Waals surface area contributed by atoms with Gasteiger partial charge in [-0.15, -0.1) is 0 Å². The molecule has 4 heteroatoms. The maximum absolute atomic E-state index is 9.61. The molecule has 13 heavy (non-hydrogen) atoms. The number of likely N-dealkylation sites (tertiary alicyclic amines) is 1. The normalized spacial score (nSPS) is 34.2. The molecular weight excluding hydrogens is 166 g/mol. The Bertz CT molecular complexity index is 168. The molecule has 2 rings (SSSR count). The van der Waals surface area contributed by atoms with Gasteiger partial charge in [0, 0.05) is 19.1 Å². The first-order valence-corrected chi connectivity index (χ1v) is 5.13. The van der Waals surface area contributed by atoms with Gasteiger partial charge in [0.2, 0.25) is 0 Å². The molecule has 0 aromatic rings. The van der Waals surface area contributed by atoms with Crippen LogP contribution in [-0.2, 0) is 0 Å². The summed E-state index contributed by atoms with van der Waals surface area (Å²) in [5.74, 6) is 0. The molecule has 1 unspecified atom stereocenters. The smallest absolute Gasteiger partial charge is 0.163 e. The molecule has 0 radical (unpaired) electrons. The van der Waals surface area contributed by atoms with Crippen molar-refractivity contribution >= 4 is 0 Å². The summed E-state index contributed by atoms with van der Waals surface area (Å²) < 4.78 is 0. The van der Waals surface area contributed by atoms with Crippen molar-refractivity contribution in [1.29, 1.82) is 0 Å². The number of piperidine rings is 1. The minimum Gasteiger partial charge on any atom is -0.365 e. The highest BCUT2D eigenvalue weighted by Crippen LogP contribution is 2.18. The van der Waals surface area contributed by atoms with E-state index in [1.165, 1.54) is 12.8 Å². The second kappa shape index (κ2) is 3.92. The highest BCUT2D eigenvalue weighted by Gasteiger charge is 2.30. The van der Waals surface area contributed by atoms with E-state index in [0.29, 0.717) is 6.04 Å². The van der Waals surface area contributed by atoms with E-state index in [1.807, 2.05) is 0 Å². The maximum atomic E-state index is 9.61. The van der Waals surface area contributed by atoms with Gasteiger partial charge in [-0.3, -0.25) is 10.2 Å². The Morgan fingerprint density at radius 3 is 2.46 bits per heavy atom. The molecule has 2 fully saturated rings. The fourth-order valence-corrected chi connectivity index (χ4v) is 2.27. The van der Waals surface area contributed by atoms with Gasteiger partial charge in [-0.05, 0) is 33.0 Å². The van der Waals surface area contributed by atoms with Crippen LogP contribution in [-0.4, -0.2) is 60.5 Å². The first-order valence-electron chi connectivity index (χ1n) is 5.13. The Labute approximate surface area is 79.5 Å². The largest absolute Gasteiger partial charge is 0.365 e. The molecule has 2 saturated heterocycles. The van der Waals surface area contributed by atoms with Crippen molar-refractivity contribution in [3.05, 3.63) is 0 Å². The lowest BCUT2D eigenvalue weighted by molar-refractivity contribution is -0.0207. The molecule has 0 spiro atoms. The Hall–Kier alpha value is -0.160. The molecule has 2 N–H and O–H groups in total. The van der Waals surface area contributed by atoms with Crippen LogP contribution < -0.4 is 5.32 Å². The highest BCUT2D eigenvalue weighted by atomic mass is 16.3. The van der Waals surface area contributed by atoms with Crippen molar-refractivity contribution in [2.45, 2.75) is 25.2 Å². The predicted octanol–water partition coefficient (Wildman–Crippen LogP) is -0.738. The quantitative estimate of drug-likeness (QED) is 0.564. The van der Waals surface area contributed by atoms with Crippen LogP contribution >= 0.6 is 0 Å². The molecule has 1 atom stereocenters. The fourth-order valence-electron chi connectivity index (χ4n) is 2.27. The van der Waals surface area contributed by atoms with Gasteiger partial charge in [0.05, 0.1) is 0 Å². The number of rotatable bonds is 1. The van der Waals surface area contributed by atoms with Gasteiger partial charge in [0.15, 0.2) is 6.35 Å². The molecular formula is C9H19N3O. The van der Waals surface area contributed by atoms with Gasteiger partial charge >= 0.3 is 0 Å². The third kappa shape index (κ3) is 2.02. The molecule has 4 nitrogen and oxygen atoms in total. The van der Waals surface area contributed by atoms with Gasteiger partial charge in [-0.2, -0.15) is 0 Å². The molecule has 2 aliphatic heterocycles. The number of hydrogen-bond donors (Lipinski definition) is 2. The van der Waals surface area contributed by atoms with Gasteiger partial charge in [0.1, 0.15) is 0 Å². The number of aliphatic hydroxyl groups is 1. The molecule has 0 aromatic carbocycles. The average molecular weight is 185 g/mol. The van der Waals surface area contributed by atoms with Gasteiger partial charge in [-0.1, -0.05) is 0 Å². The minimum absolute atomic E-state index is 0.395. The number of nitrogens with zero attached hydrogens (tertiary/aromatic N) is 2. The van der Waals surface area contributed by atoms with Crippen LogP contribution in [0.5, 0.6) is 0 Å². The van der Waals surface area contributed by atoms with Gasteiger partial charge in [0.25, 0.3) is 0 Å². The summed E-state index contributed by atoms with van der Waals surface area (Å²) >= 11 is 0. The van der Waals surface area contributed by atoms with Crippen LogP contribution in [0.2, 0.25) is 0 Å². The molecule has 0 aromatic heterocycles. The molecule has 2 aliphatic rings. The molecule has 0 bridgehead atoms. The molecule has 2 heterocycles. The first-order chi connectivity index (χ1) is 6.27. The topological polar surface area (TPSA) is 38.7 Å². The van der Waals surface area contributed by atoms with Crippen molar-refractivity contribution in [2.75, 3.05) is 33.2 Å². The van der Waals surface area contributed by atoms with Crippen LogP contribution in [0.4, 0.5) is 0 Å². The summed E-state index contributed by atoms with van der Waals surface area (Å²) in [6.07, 6.45) is 1.98. The van der Waals surface area contributed by atoms with E-state index in [9.17, 15) is 5.11 Å². The lowest BCUT2D eigenvalue weighted by Gasteiger charge is -2.36. The zero-order valence-electron chi connectivity index (χ0n) is 8.24. The van der Waals surface area contributed by atoms with Gasteiger partial charge in [-0.25, -0.2) is 0 Å². The van der Waals surface area contributed by atoms with Crippen LogP contribution in [0.3, 0.4) is 0 Å². The van der Waals surface area contributed by atoms with E-state index in [1.54, 1.807) is 0 Å². The Kier molecular flexibility index (Phi) is 2.83. The van der Waals surface area contributed by atoms with Crippen LogP contribution in [0, 0.1) is 0 Å². The Morgan fingerprint density at radius 1 is 1.23 bits per heavy atom. The molecule has 0 amide bonds. The van der Waals surface area contributed by atoms with Crippen LogP contribution in [0.15, 0.2) is 0 Å². The monoisotopic (exact) mass is 185 g/mol. The third-order valence-electron chi connectivity index (χ3n) is 3.17. The summed E-state index contributed by atoms with van der Waals surface area (Å²) in [7, 11) is 2.16. The third-order valence-corrected chi connectivity index (χ3v) is 3.17. The summed E-state index contributed by atoms with van der Waals surface area (Å²) in [5, 5.41) is 12.7. The first kappa shape index (κ1) is 9.40. The standard InChI is InChI=1S/C9H19N3O/c1-11-5-2-8(3-6-11)12-7-4-10-9(12)13/h8-10,13H,2-7H2,1H3. The minimum atomic E-state index is -0.395. The average Bonchev–Trinajstić information content (AvgIpc) is 2.53. The summed E-state index contributed by atoms with van der Waals surface area (Å²) in [6, 6.07) is 0.584. The molecule has 0 aliphatic carbocycles. The van der Waals surface area contributed by atoms with Crippen LogP contribution in [0.25, 0.3) is 0 Å². The zero-order chi connectivity index (χ0) is 9.26. The summed E-state index contributed by atoms with van der Waals surface area (Å²) in [6.45, 7) is 4.24. The summed E-state index contributed by atoms with van der Waals surface area (Å²) in [4.78, 5) is 4.54. The number of nitrogens with one attached hydrogen (secondary N) is 1. The van der Waals surface area contributed by atoms with Crippen molar-refractivity contribution in [2.24, 2.45) is 0 Å². The highest BCUT2D eigenvalue weighted by molar-refractivity contribution is 4.82. The summed E-state index contributed by atoms with van der Waals surface area (Å²) in [5.41, 5.74) is 0. The van der Waals surface area contributed by atoms with E-state index >= 15 is 0 Å². The van der Waals surface area contributed by atoms with E-state index in [0.717, 1.165) is 26.2 Å². The van der Waals surface area contributed by atoms with E-state index in [4.69, 9.17) is 0 Å². The Balaban J connectivity index is 1.86. The molecule has 0 saturated carbocycles. The van der Waals surface area contributed by atoms with E-state index in [2.05, 4.69) is 22.2 Å². The second-order valence-electron chi connectivity index (χ2n) is 4.10. The van der Waals surface area contributed by atoms with Crippen molar-refractivity contribution < 1.29 is 5.11 Å². The lowest BCUT2D eigenvalue weighted by Crippen LogP contribution is -2.47. The van der Waals surface area contributed by atoms with Gasteiger partial charge < -0.3 is 10.0 Å². The zero-order valence-corrected chi connectivity index (χ0v) is 8.24. The Morgan fingerprint density at radius 2 is 1.92 bits per heavy atom. The number of aliphatic hydroxyl groups excluding tert-OH is 1. The van der Waals surface area contributed by atoms with Crippen molar-refractivity contribution in [3.63, 3.8) is 0 Å². The van der Waals surface area contributed by atoms with Crippen molar-refractivity contribution in [1.82, 2.24) is 15.1 Å². The SMILES string of the molecule is CN1CCC(N2CCNC2O)CC1.